The molecule has 0 radical (unpaired) electrons. The van der Waals surface area contributed by atoms with Crippen molar-refractivity contribution in [1.29, 1.82) is 0 Å². The highest BCUT2D eigenvalue weighted by Crippen LogP contribution is 2.19. The van der Waals surface area contributed by atoms with Crippen molar-refractivity contribution in [1.82, 2.24) is 15.6 Å². The molecule has 2 aromatic heterocycles. The Hall–Kier alpha value is -0.670. The SMILES string of the molecule is CN=C(NCCc1sc(C)nc1C)NCC(C)c1cccs1.I. The molecule has 0 fully saturated rings. The first-order valence-corrected chi connectivity index (χ1v) is 9.20. The quantitative estimate of drug-likeness (QED) is 0.387. The van der Waals surface area contributed by atoms with E-state index in [1.165, 1.54) is 9.75 Å². The molecule has 2 aromatic rings. The summed E-state index contributed by atoms with van der Waals surface area (Å²) in [7, 11) is 1.81. The first-order chi connectivity index (χ1) is 10.6. The van der Waals surface area contributed by atoms with E-state index in [9.17, 15) is 0 Å². The third-order valence-corrected chi connectivity index (χ3v) is 5.71. The monoisotopic (exact) mass is 464 g/mol. The predicted molar refractivity (Wildman–Crippen MR) is 113 cm³/mol. The Morgan fingerprint density at radius 3 is 2.70 bits per heavy atom. The summed E-state index contributed by atoms with van der Waals surface area (Å²) >= 11 is 3.58. The lowest BCUT2D eigenvalue weighted by atomic mass is 10.1. The van der Waals surface area contributed by atoms with Crippen molar-refractivity contribution in [3.63, 3.8) is 0 Å². The largest absolute Gasteiger partial charge is 0.356 e. The van der Waals surface area contributed by atoms with Gasteiger partial charge in [-0.05, 0) is 25.3 Å². The van der Waals surface area contributed by atoms with Gasteiger partial charge in [0.15, 0.2) is 5.96 Å². The summed E-state index contributed by atoms with van der Waals surface area (Å²) < 4.78 is 0. The number of hydrogen-bond donors (Lipinski definition) is 2. The maximum absolute atomic E-state index is 4.46. The van der Waals surface area contributed by atoms with Crippen molar-refractivity contribution in [2.24, 2.45) is 4.99 Å². The summed E-state index contributed by atoms with van der Waals surface area (Å²) in [6.45, 7) is 8.12. The summed E-state index contributed by atoms with van der Waals surface area (Å²) in [5.74, 6) is 1.35. The Morgan fingerprint density at radius 1 is 1.35 bits per heavy atom. The second kappa shape index (κ2) is 10.2. The fourth-order valence-electron chi connectivity index (χ4n) is 2.24. The number of aryl methyl sites for hydroxylation is 2. The molecule has 0 bridgehead atoms. The van der Waals surface area contributed by atoms with Crippen LogP contribution in [-0.4, -0.2) is 31.1 Å². The second-order valence-electron chi connectivity index (χ2n) is 5.29. The standard InChI is InChI=1S/C16H24N4S2.HI/c1-11(14-6-5-9-21-14)10-19-16(17-4)18-8-7-15-12(2)20-13(3)22-15;/h5-6,9,11H,7-8,10H2,1-4H3,(H2,17,18,19);1H. The third kappa shape index (κ3) is 6.39. The molecule has 23 heavy (non-hydrogen) atoms. The molecule has 0 amide bonds. The van der Waals surface area contributed by atoms with Crippen molar-refractivity contribution < 1.29 is 0 Å². The Balaban J connectivity index is 0.00000264. The maximum Gasteiger partial charge on any atom is 0.191 e. The molecule has 7 heteroatoms. The molecule has 128 valence electrons. The average molecular weight is 464 g/mol. The van der Waals surface area contributed by atoms with Crippen molar-refractivity contribution >= 4 is 52.6 Å². The van der Waals surface area contributed by atoms with Gasteiger partial charge in [0.2, 0.25) is 0 Å². The van der Waals surface area contributed by atoms with E-state index >= 15 is 0 Å². The van der Waals surface area contributed by atoms with Gasteiger partial charge in [-0.3, -0.25) is 4.99 Å². The smallest absolute Gasteiger partial charge is 0.191 e. The van der Waals surface area contributed by atoms with Crippen LogP contribution in [0.2, 0.25) is 0 Å². The van der Waals surface area contributed by atoms with Crippen LogP contribution < -0.4 is 10.6 Å². The summed E-state index contributed by atoms with van der Waals surface area (Å²) in [6.07, 6.45) is 0.985. The lowest BCUT2D eigenvalue weighted by Gasteiger charge is -2.15. The van der Waals surface area contributed by atoms with E-state index in [0.29, 0.717) is 5.92 Å². The second-order valence-corrected chi connectivity index (χ2v) is 7.55. The van der Waals surface area contributed by atoms with Crippen LogP contribution in [0.5, 0.6) is 0 Å². The third-order valence-electron chi connectivity index (χ3n) is 3.47. The molecule has 2 heterocycles. The fourth-order valence-corrected chi connectivity index (χ4v) is 3.97. The van der Waals surface area contributed by atoms with Crippen LogP contribution in [-0.2, 0) is 6.42 Å². The number of rotatable bonds is 6. The Morgan fingerprint density at radius 2 is 2.13 bits per heavy atom. The first-order valence-electron chi connectivity index (χ1n) is 7.51. The van der Waals surface area contributed by atoms with Crippen molar-refractivity contribution in [3.05, 3.63) is 38.0 Å². The molecule has 0 saturated carbocycles. The molecular weight excluding hydrogens is 439 g/mol. The zero-order chi connectivity index (χ0) is 15.9. The first kappa shape index (κ1) is 20.4. The molecule has 1 atom stereocenters. The van der Waals surface area contributed by atoms with Crippen molar-refractivity contribution in [3.8, 4) is 0 Å². The molecule has 0 aromatic carbocycles. The van der Waals surface area contributed by atoms with Crippen LogP contribution in [0.3, 0.4) is 0 Å². The van der Waals surface area contributed by atoms with E-state index in [4.69, 9.17) is 0 Å². The number of nitrogens with one attached hydrogen (secondary N) is 2. The number of thiophene rings is 1. The summed E-state index contributed by atoms with van der Waals surface area (Å²) in [6, 6.07) is 4.28. The van der Waals surface area contributed by atoms with Crippen molar-refractivity contribution in [2.75, 3.05) is 20.1 Å². The van der Waals surface area contributed by atoms with Gasteiger partial charge in [-0.15, -0.1) is 46.7 Å². The minimum Gasteiger partial charge on any atom is -0.356 e. The van der Waals surface area contributed by atoms with Gasteiger partial charge in [-0.25, -0.2) is 4.98 Å². The highest BCUT2D eigenvalue weighted by molar-refractivity contribution is 14.0. The fraction of sp³-hybridized carbons (Fsp3) is 0.500. The number of nitrogens with zero attached hydrogens (tertiary/aromatic N) is 2. The lowest BCUT2D eigenvalue weighted by molar-refractivity contribution is 0.707. The molecule has 2 N–H and O–H groups in total. The van der Waals surface area contributed by atoms with Gasteiger partial charge >= 0.3 is 0 Å². The van der Waals surface area contributed by atoms with Gasteiger partial charge in [-0.2, -0.15) is 0 Å². The molecule has 2 rings (SSSR count). The van der Waals surface area contributed by atoms with Gasteiger partial charge in [0.05, 0.1) is 10.7 Å². The zero-order valence-corrected chi connectivity index (χ0v) is 18.0. The van der Waals surface area contributed by atoms with Crippen LogP contribution in [0.15, 0.2) is 22.5 Å². The van der Waals surface area contributed by atoms with Gasteiger partial charge in [0.25, 0.3) is 0 Å². The molecule has 1 unspecified atom stereocenters. The van der Waals surface area contributed by atoms with Crippen molar-refractivity contribution in [2.45, 2.75) is 33.1 Å². The Kier molecular flexibility index (Phi) is 9.08. The molecule has 4 nitrogen and oxygen atoms in total. The van der Waals surface area contributed by atoms with Gasteiger partial charge < -0.3 is 10.6 Å². The minimum absolute atomic E-state index is 0. The lowest BCUT2D eigenvalue weighted by Crippen LogP contribution is -2.39. The normalized spacial score (nSPS) is 12.6. The number of aromatic nitrogens is 1. The Labute approximate surface area is 163 Å². The highest BCUT2D eigenvalue weighted by Gasteiger charge is 2.08. The van der Waals surface area contributed by atoms with E-state index in [2.05, 4.69) is 58.9 Å². The summed E-state index contributed by atoms with van der Waals surface area (Å²) in [5.41, 5.74) is 1.15. The predicted octanol–water partition coefficient (Wildman–Crippen LogP) is 3.95. The summed E-state index contributed by atoms with van der Waals surface area (Å²) in [5, 5.41) is 10.0. The van der Waals surface area contributed by atoms with Crippen LogP contribution in [0.25, 0.3) is 0 Å². The van der Waals surface area contributed by atoms with Crippen LogP contribution in [0, 0.1) is 13.8 Å². The van der Waals surface area contributed by atoms with Gasteiger partial charge in [0.1, 0.15) is 0 Å². The molecular formula is C16H25IN4S2. The molecule has 0 aliphatic carbocycles. The topological polar surface area (TPSA) is 49.3 Å². The van der Waals surface area contributed by atoms with E-state index in [1.54, 1.807) is 22.7 Å². The number of halogens is 1. The van der Waals surface area contributed by atoms with Gasteiger partial charge in [-0.1, -0.05) is 13.0 Å². The van der Waals surface area contributed by atoms with E-state index in [-0.39, 0.29) is 24.0 Å². The minimum atomic E-state index is 0. The maximum atomic E-state index is 4.46. The highest BCUT2D eigenvalue weighted by atomic mass is 127. The van der Waals surface area contributed by atoms with E-state index < -0.39 is 0 Å². The van der Waals surface area contributed by atoms with E-state index in [0.717, 1.165) is 36.2 Å². The molecule has 0 aliphatic rings. The number of hydrogen-bond acceptors (Lipinski definition) is 4. The number of thiazole rings is 1. The van der Waals surface area contributed by atoms with E-state index in [1.807, 2.05) is 7.05 Å². The van der Waals surface area contributed by atoms with Crippen LogP contribution >= 0.6 is 46.7 Å². The molecule has 0 saturated heterocycles. The number of guanidine groups is 1. The number of aliphatic imine (C=N–C) groups is 1. The zero-order valence-electron chi connectivity index (χ0n) is 14.0. The molecule has 0 aliphatic heterocycles. The van der Waals surface area contributed by atoms with Crippen LogP contribution in [0.1, 0.15) is 33.3 Å². The van der Waals surface area contributed by atoms with Crippen LogP contribution in [0.4, 0.5) is 0 Å². The molecule has 0 spiro atoms. The average Bonchev–Trinajstić information content (AvgIpc) is 3.12. The summed E-state index contributed by atoms with van der Waals surface area (Å²) in [4.78, 5) is 11.5. The Bertz CT molecular complexity index is 608. The van der Waals surface area contributed by atoms with Gasteiger partial charge in [0, 0.05) is 42.2 Å².